The number of hydrogen-bond donors (Lipinski definition) is 1. The van der Waals surface area contributed by atoms with Crippen molar-refractivity contribution in [3.05, 3.63) is 12.4 Å². The van der Waals surface area contributed by atoms with E-state index in [0.717, 1.165) is 11.9 Å². The third-order valence-electron chi connectivity index (χ3n) is 4.19. The van der Waals surface area contributed by atoms with Crippen LogP contribution in [-0.4, -0.2) is 15.6 Å². The van der Waals surface area contributed by atoms with Crippen LogP contribution in [0.1, 0.15) is 71.8 Å². The van der Waals surface area contributed by atoms with E-state index in [1.807, 2.05) is 6.20 Å². The van der Waals surface area contributed by atoms with Crippen molar-refractivity contribution in [2.75, 3.05) is 5.32 Å². The Morgan fingerprint density at radius 1 is 1.21 bits per heavy atom. The predicted octanol–water partition coefficient (Wildman–Crippen LogP) is 4.62. The van der Waals surface area contributed by atoms with E-state index in [9.17, 15) is 0 Å². The summed E-state index contributed by atoms with van der Waals surface area (Å²) in [4.78, 5) is 4.51. The van der Waals surface area contributed by atoms with Gasteiger partial charge in [0.15, 0.2) is 0 Å². The maximum atomic E-state index is 4.51. The SMILES string of the molecule is CC(C)CCC(C)Nc1nccn1C1CCCCC1. The largest absolute Gasteiger partial charge is 0.353 e. The molecule has 1 unspecified atom stereocenters. The first-order chi connectivity index (χ1) is 9.16. The minimum atomic E-state index is 0.507. The van der Waals surface area contributed by atoms with Gasteiger partial charge in [-0.2, -0.15) is 0 Å². The highest BCUT2D eigenvalue weighted by Crippen LogP contribution is 2.30. The minimum Gasteiger partial charge on any atom is -0.353 e. The zero-order valence-corrected chi connectivity index (χ0v) is 12.7. The molecule has 0 bridgehead atoms. The second-order valence-corrected chi connectivity index (χ2v) is 6.47. The summed E-state index contributed by atoms with van der Waals surface area (Å²) in [6, 6.07) is 1.17. The number of anilines is 1. The summed E-state index contributed by atoms with van der Waals surface area (Å²) in [7, 11) is 0. The van der Waals surface area contributed by atoms with Gasteiger partial charge in [0.05, 0.1) is 0 Å². The van der Waals surface area contributed by atoms with Gasteiger partial charge in [-0.1, -0.05) is 33.1 Å². The molecule has 0 saturated heterocycles. The number of nitrogens with zero attached hydrogens (tertiary/aromatic N) is 2. The number of aromatic nitrogens is 2. The normalized spacial score (nSPS) is 18.7. The topological polar surface area (TPSA) is 29.9 Å². The van der Waals surface area contributed by atoms with Gasteiger partial charge in [0, 0.05) is 24.5 Å². The van der Waals surface area contributed by atoms with E-state index in [0.29, 0.717) is 12.1 Å². The van der Waals surface area contributed by atoms with Gasteiger partial charge in [-0.15, -0.1) is 0 Å². The quantitative estimate of drug-likeness (QED) is 0.811. The standard InChI is InChI=1S/C16H29N3/c1-13(2)9-10-14(3)18-16-17-11-12-19(16)15-7-5-4-6-8-15/h11-15H,4-10H2,1-3H3,(H,17,18). The molecule has 1 heterocycles. The molecule has 0 spiro atoms. The van der Waals surface area contributed by atoms with Gasteiger partial charge in [-0.25, -0.2) is 4.98 Å². The molecule has 0 amide bonds. The second-order valence-electron chi connectivity index (χ2n) is 6.47. The summed E-state index contributed by atoms with van der Waals surface area (Å²) in [6.45, 7) is 6.84. The summed E-state index contributed by atoms with van der Waals surface area (Å²) in [5.74, 6) is 1.85. The molecule has 2 rings (SSSR count). The molecule has 108 valence electrons. The third-order valence-corrected chi connectivity index (χ3v) is 4.19. The van der Waals surface area contributed by atoms with Gasteiger partial charge >= 0.3 is 0 Å². The first-order valence-electron chi connectivity index (χ1n) is 7.96. The summed E-state index contributed by atoms with van der Waals surface area (Å²) in [5.41, 5.74) is 0. The predicted molar refractivity (Wildman–Crippen MR) is 81.5 cm³/mol. The molecule has 1 N–H and O–H groups in total. The van der Waals surface area contributed by atoms with Crippen molar-refractivity contribution in [3.8, 4) is 0 Å². The zero-order valence-electron chi connectivity index (χ0n) is 12.7. The molecule has 0 radical (unpaired) electrons. The molecule has 1 aliphatic carbocycles. The van der Waals surface area contributed by atoms with Crippen LogP contribution in [0.5, 0.6) is 0 Å². The molecule has 1 aromatic heterocycles. The van der Waals surface area contributed by atoms with Gasteiger partial charge in [-0.3, -0.25) is 0 Å². The molecule has 1 saturated carbocycles. The van der Waals surface area contributed by atoms with Crippen molar-refractivity contribution in [1.29, 1.82) is 0 Å². The summed E-state index contributed by atoms with van der Waals surface area (Å²) < 4.78 is 2.37. The Hall–Kier alpha value is -0.990. The Labute approximate surface area is 117 Å². The van der Waals surface area contributed by atoms with Crippen LogP contribution >= 0.6 is 0 Å². The van der Waals surface area contributed by atoms with E-state index in [1.54, 1.807) is 0 Å². The fraction of sp³-hybridized carbons (Fsp3) is 0.812. The summed E-state index contributed by atoms with van der Waals surface area (Å²) >= 11 is 0. The Morgan fingerprint density at radius 2 is 1.95 bits per heavy atom. The first kappa shape index (κ1) is 14.4. The van der Waals surface area contributed by atoms with Crippen LogP contribution in [0.4, 0.5) is 5.95 Å². The average Bonchev–Trinajstić information content (AvgIpc) is 2.85. The molecule has 1 fully saturated rings. The molecule has 1 atom stereocenters. The lowest BCUT2D eigenvalue weighted by Crippen LogP contribution is -2.21. The van der Waals surface area contributed by atoms with Gasteiger partial charge < -0.3 is 9.88 Å². The third kappa shape index (κ3) is 4.26. The fourth-order valence-corrected chi connectivity index (χ4v) is 2.95. The van der Waals surface area contributed by atoms with Crippen LogP contribution in [0.15, 0.2) is 12.4 Å². The lowest BCUT2D eigenvalue weighted by Gasteiger charge is -2.26. The monoisotopic (exact) mass is 263 g/mol. The lowest BCUT2D eigenvalue weighted by atomic mass is 9.95. The molecule has 0 aromatic carbocycles. The van der Waals surface area contributed by atoms with E-state index >= 15 is 0 Å². The van der Waals surface area contributed by atoms with Crippen LogP contribution in [0.2, 0.25) is 0 Å². The average molecular weight is 263 g/mol. The molecular weight excluding hydrogens is 234 g/mol. The zero-order chi connectivity index (χ0) is 13.7. The highest BCUT2D eigenvalue weighted by atomic mass is 15.2. The fourth-order valence-electron chi connectivity index (χ4n) is 2.95. The lowest BCUT2D eigenvalue weighted by molar-refractivity contribution is 0.355. The molecule has 1 aliphatic rings. The van der Waals surface area contributed by atoms with Gasteiger partial charge in [-0.05, 0) is 38.5 Å². The first-order valence-corrected chi connectivity index (χ1v) is 7.96. The summed E-state index contributed by atoms with van der Waals surface area (Å²) in [5, 5.41) is 3.59. The van der Waals surface area contributed by atoms with E-state index < -0.39 is 0 Å². The van der Waals surface area contributed by atoms with Crippen molar-refractivity contribution >= 4 is 5.95 Å². The summed E-state index contributed by atoms with van der Waals surface area (Å²) in [6.07, 6.45) is 13.3. The van der Waals surface area contributed by atoms with Crippen molar-refractivity contribution < 1.29 is 0 Å². The second kappa shape index (κ2) is 6.97. The minimum absolute atomic E-state index is 0.507. The van der Waals surface area contributed by atoms with Crippen molar-refractivity contribution in [2.24, 2.45) is 5.92 Å². The Kier molecular flexibility index (Phi) is 5.29. The van der Waals surface area contributed by atoms with Crippen molar-refractivity contribution in [1.82, 2.24) is 9.55 Å². The van der Waals surface area contributed by atoms with Gasteiger partial charge in [0.2, 0.25) is 5.95 Å². The maximum Gasteiger partial charge on any atom is 0.203 e. The van der Waals surface area contributed by atoms with Crippen LogP contribution in [0.25, 0.3) is 0 Å². The maximum absolute atomic E-state index is 4.51. The Bertz CT molecular complexity index is 364. The number of imidazole rings is 1. The van der Waals surface area contributed by atoms with Gasteiger partial charge in [0.1, 0.15) is 0 Å². The van der Waals surface area contributed by atoms with Crippen molar-refractivity contribution in [3.63, 3.8) is 0 Å². The molecule has 1 aromatic rings. The number of nitrogens with one attached hydrogen (secondary N) is 1. The van der Waals surface area contributed by atoms with Gasteiger partial charge in [0.25, 0.3) is 0 Å². The Balaban J connectivity index is 1.91. The molecule has 3 nitrogen and oxygen atoms in total. The Morgan fingerprint density at radius 3 is 2.63 bits per heavy atom. The van der Waals surface area contributed by atoms with Crippen LogP contribution < -0.4 is 5.32 Å². The van der Waals surface area contributed by atoms with E-state index in [-0.39, 0.29) is 0 Å². The number of rotatable bonds is 6. The van der Waals surface area contributed by atoms with Crippen LogP contribution in [0, 0.1) is 5.92 Å². The highest BCUT2D eigenvalue weighted by molar-refractivity contribution is 5.28. The molecule has 0 aliphatic heterocycles. The molecule has 3 heteroatoms. The smallest absolute Gasteiger partial charge is 0.203 e. The number of hydrogen-bond acceptors (Lipinski definition) is 2. The van der Waals surface area contributed by atoms with Crippen LogP contribution in [0.3, 0.4) is 0 Å². The molecular formula is C16H29N3. The van der Waals surface area contributed by atoms with E-state index in [2.05, 4.69) is 41.8 Å². The van der Waals surface area contributed by atoms with Crippen molar-refractivity contribution in [2.45, 2.75) is 77.8 Å². The van der Waals surface area contributed by atoms with E-state index in [1.165, 1.54) is 44.9 Å². The highest BCUT2D eigenvalue weighted by Gasteiger charge is 2.18. The van der Waals surface area contributed by atoms with Crippen LogP contribution in [-0.2, 0) is 0 Å². The van der Waals surface area contributed by atoms with E-state index in [4.69, 9.17) is 0 Å². The molecule has 19 heavy (non-hydrogen) atoms.